The van der Waals surface area contributed by atoms with Gasteiger partial charge in [0.2, 0.25) is 0 Å². The van der Waals surface area contributed by atoms with Crippen LogP contribution in [0.2, 0.25) is 0 Å². The Balaban J connectivity index is 2.56. The molecule has 0 spiro atoms. The highest BCUT2D eigenvalue weighted by molar-refractivity contribution is 9.10. The Labute approximate surface area is 138 Å². The van der Waals surface area contributed by atoms with Crippen LogP contribution in [0.5, 0.6) is 11.5 Å². The van der Waals surface area contributed by atoms with Crippen LogP contribution in [-0.2, 0) is 0 Å². The van der Waals surface area contributed by atoms with Crippen LogP contribution in [0, 0.1) is 11.6 Å². The Hall–Kier alpha value is -1.14. The fourth-order valence-electron chi connectivity index (χ4n) is 1.99. The summed E-state index contributed by atoms with van der Waals surface area (Å²) < 4.78 is 38.9. The van der Waals surface area contributed by atoms with Crippen molar-refractivity contribution in [1.29, 1.82) is 0 Å². The minimum Gasteiger partial charge on any atom is -0.497 e. The smallest absolute Gasteiger partial charge is 0.131 e. The number of ether oxygens (including phenoxy) is 2. The van der Waals surface area contributed by atoms with Crippen molar-refractivity contribution in [2.75, 3.05) is 14.2 Å². The van der Waals surface area contributed by atoms with E-state index in [1.807, 2.05) is 0 Å². The number of rotatable bonds is 4. The highest BCUT2D eigenvalue weighted by Crippen LogP contribution is 2.41. The van der Waals surface area contributed by atoms with Gasteiger partial charge in [0, 0.05) is 15.6 Å². The third-order valence-electron chi connectivity index (χ3n) is 3.01. The first kappa shape index (κ1) is 16.2. The van der Waals surface area contributed by atoms with Crippen molar-refractivity contribution in [3.05, 3.63) is 57.6 Å². The van der Waals surface area contributed by atoms with Gasteiger partial charge in [0.1, 0.15) is 23.1 Å². The molecule has 0 fully saturated rings. The summed E-state index contributed by atoms with van der Waals surface area (Å²) in [4.78, 5) is -0.698. The van der Waals surface area contributed by atoms with Gasteiger partial charge in [-0.2, -0.15) is 0 Å². The van der Waals surface area contributed by atoms with E-state index in [0.717, 1.165) is 0 Å². The zero-order chi connectivity index (χ0) is 15.6. The van der Waals surface area contributed by atoms with Crippen LogP contribution in [0.3, 0.4) is 0 Å². The van der Waals surface area contributed by atoms with Crippen LogP contribution in [0.4, 0.5) is 8.78 Å². The molecule has 21 heavy (non-hydrogen) atoms. The Morgan fingerprint density at radius 3 is 2.14 bits per heavy atom. The van der Waals surface area contributed by atoms with Gasteiger partial charge >= 0.3 is 0 Å². The van der Waals surface area contributed by atoms with Crippen molar-refractivity contribution in [3.63, 3.8) is 0 Å². The van der Waals surface area contributed by atoms with Crippen molar-refractivity contribution in [2.45, 2.75) is 4.83 Å². The minimum atomic E-state index is -0.698. The summed E-state index contributed by atoms with van der Waals surface area (Å²) in [5, 5.41) is 0. The van der Waals surface area contributed by atoms with E-state index in [2.05, 4.69) is 31.9 Å². The summed E-state index contributed by atoms with van der Waals surface area (Å²) in [6.45, 7) is 0. The zero-order valence-electron chi connectivity index (χ0n) is 11.3. The molecule has 0 radical (unpaired) electrons. The number of benzene rings is 2. The highest BCUT2D eigenvalue weighted by Gasteiger charge is 2.23. The van der Waals surface area contributed by atoms with E-state index in [-0.39, 0.29) is 5.56 Å². The van der Waals surface area contributed by atoms with E-state index in [4.69, 9.17) is 9.47 Å². The normalized spacial score (nSPS) is 12.1. The molecule has 0 saturated carbocycles. The van der Waals surface area contributed by atoms with Crippen molar-refractivity contribution in [1.82, 2.24) is 0 Å². The summed E-state index contributed by atoms with van der Waals surface area (Å²) in [5.41, 5.74) is 0.502. The second kappa shape index (κ2) is 6.75. The standard InChI is InChI=1S/C15H12Br2F2O2/c1-20-9-3-4-13(21-2)10(7-9)15(17)14-11(18)5-8(16)6-12(14)19/h3-7,15H,1-2H3. The van der Waals surface area contributed by atoms with Crippen LogP contribution < -0.4 is 9.47 Å². The topological polar surface area (TPSA) is 18.5 Å². The molecular weight excluding hydrogens is 410 g/mol. The molecule has 0 aromatic heterocycles. The third-order valence-corrected chi connectivity index (χ3v) is 4.42. The highest BCUT2D eigenvalue weighted by atomic mass is 79.9. The van der Waals surface area contributed by atoms with E-state index in [1.165, 1.54) is 26.4 Å². The van der Waals surface area contributed by atoms with Crippen LogP contribution in [-0.4, -0.2) is 14.2 Å². The van der Waals surface area contributed by atoms with Gasteiger partial charge in [-0.15, -0.1) is 0 Å². The predicted molar refractivity (Wildman–Crippen MR) is 84.4 cm³/mol. The van der Waals surface area contributed by atoms with Gasteiger partial charge in [0.05, 0.1) is 19.0 Å². The van der Waals surface area contributed by atoms with E-state index in [9.17, 15) is 8.78 Å². The number of hydrogen-bond acceptors (Lipinski definition) is 2. The van der Waals surface area contributed by atoms with Gasteiger partial charge in [0.15, 0.2) is 0 Å². The molecule has 2 rings (SSSR count). The molecule has 1 atom stereocenters. The van der Waals surface area contributed by atoms with Crippen LogP contribution in [0.25, 0.3) is 0 Å². The molecule has 2 aromatic carbocycles. The Morgan fingerprint density at radius 2 is 1.62 bits per heavy atom. The molecule has 0 aliphatic rings. The second-order valence-electron chi connectivity index (χ2n) is 4.25. The van der Waals surface area contributed by atoms with Crippen molar-refractivity contribution in [2.24, 2.45) is 0 Å². The van der Waals surface area contributed by atoms with E-state index in [0.29, 0.717) is 21.5 Å². The summed E-state index contributed by atoms with van der Waals surface area (Å²) >= 11 is 6.41. The van der Waals surface area contributed by atoms with Gasteiger partial charge in [-0.05, 0) is 30.3 Å². The van der Waals surface area contributed by atoms with Gasteiger partial charge in [-0.3, -0.25) is 0 Å². The molecule has 0 N–H and O–H groups in total. The maximum Gasteiger partial charge on any atom is 0.131 e. The Kier molecular flexibility index (Phi) is 5.22. The molecule has 1 unspecified atom stereocenters. The molecule has 0 amide bonds. The van der Waals surface area contributed by atoms with Gasteiger partial charge in [0.25, 0.3) is 0 Å². The molecule has 112 valence electrons. The first-order chi connectivity index (χ1) is 9.97. The van der Waals surface area contributed by atoms with Crippen LogP contribution >= 0.6 is 31.9 Å². The van der Waals surface area contributed by atoms with E-state index < -0.39 is 16.5 Å². The summed E-state index contributed by atoms with van der Waals surface area (Å²) in [5.74, 6) is -0.199. The number of hydrogen-bond donors (Lipinski definition) is 0. The lowest BCUT2D eigenvalue weighted by Crippen LogP contribution is -2.03. The second-order valence-corrected chi connectivity index (χ2v) is 6.08. The molecule has 6 heteroatoms. The van der Waals surface area contributed by atoms with Crippen molar-refractivity contribution in [3.8, 4) is 11.5 Å². The van der Waals surface area contributed by atoms with E-state index in [1.54, 1.807) is 18.2 Å². The lowest BCUT2D eigenvalue weighted by molar-refractivity contribution is 0.399. The summed E-state index contributed by atoms with van der Waals surface area (Å²) in [6.07, 6.45) is 0. The molecule has 0 aliphatic carbocycles. The number of methoxy groups -OCH3 is 2. The zero-order valence-corrected chi connectivity index (χ0v) is 14.5. The average molecular weight is 422 g/mol. The minimum absolute atomic E-state index is 0.0789. The van der Waals surface area contributed by atoms with Gasteiger partial charge in [-0.25, -0.2) is 8.78 Å². The Bertz CT molecular complexity index is 639. The Morgan fingerprint density at radius 1 is 1.00 bits per heavy atom. The molecular formula is C15H12Br2F2O2. The van der Waals surface area contributed by atoms with Crippen molar-refractivity contribution < 1.29 is 18.3 Å². The molecule has 0 bridgehead atoms. The molecule has 0 aliphatic heterocycles. The fraction of sp³-hybridized carbons (Fsp3) is 0.200. The molecule has 2 aromatic rings. The van der Waals surface area contributed by atoms with Gasteiger partial charge in [-0.1, -0.05) is 31.9 Å². The summed E-state index contributed by atoms with van der Waals surface area (Å²) in [7, 11) is 3.02. The first-order valence-corrected chi connectivity index (χ1v) is 7.69. The molecule has 2 nitrogen and oxygen atoms in total. The van der Waals surface area contributed by atoms with Crippen molar-refractivity contribution >= 4 is 31.9 Å². The fourth-order valence-corrected chi connectivity index (χ4v) is 3.19. The monoisotopic (exact) mass is 420 g/mol. The van der Waals surface area contributed by atoms with E-state index >= 15 is 0 Å². The van der Waals surface area contributed by atoms with Crippen LogP contribution in [0.15, 0.2) is 34.8 Å². The lowest BCUT2D eigenvalue weighted by atomic mass is 10.0. The summed E-state index contributed by atoms with van der Waals surface area (Å²) in [6, 6.07) is 7.53. The molecule has 0 heterocycles. The average Bonchev–Trinajstić information content (AvgIpc) is 2.45. The maximum atomic E-state index is 14.1. The lowest BCUT2D eigenvalue weighted by Gasteiger charge is -2.17. The molecule has 0 saturated heterocycles. The first-order valence-electron chi connectivity index (χ1n) is 5.98. The SMILES string of the molecule is COc1ccc(OC)c(C(Br)c2c(F)cc(Br)cc2F)c1. The largest absolute Gasteiger partial charge is 0.497 e. The van der Waals surface area contributed by atoms with Gasteiger partial charge < -0.3 is 9.47 Å². The third kappa shape index (κ3) is 3.37. The predicted octanol–water partition coefficient (Wildman–Crippen LogP) is 5.23. The quantitative estimate of drug-likeness (QED) is 0.629. The number of alkyl halides is 1. The van der Waals surface area contributed by atoms with Crippen LogP contribution in [0.1, 0.15) is 16.0 Å². The maximum absolute atomic E-state index is 14.1. The number of halogens is 4.